The van der Waals surface area contributed by atoms with Crippen molar-refractivity contribution in [3.63, 3.8) is 0 Å². The molecule has 9 heteroatoms. The fraction of sp³-hybridized carbons (Fsp3) is 0.500. The van der Waals surface area contributed by atoms with E-state index in [1.165, 1.54) is 12.1 Å². The maximum atomic E-state index is 12.0. The molecule has 1 atom stereocenters. The Hall–Kier alpha value is -2.00. The first kappa shape index (κ1) is 19.0. The zero-order valence-corrected chi connectivity index (χ0v) is 14.1. The van der Waals surface area contributed by atoms with E-state index in [0.717, 1.165) is 12.1 Å². The van der Waals surface area contributed by atoms with Crippen LogP contribution in [0.1, 0.15) is 20.8 Å². The number of benzene rings is 1. The number of nitrogens with one attached hydrogen (secondary N) is 2. The molecule has 1 unspecified atom stereocenters. The van der Waals surface area contributed by atoms with Crippen molar-refractivity contribution in [2.45, 2.75) is 25.7 Å². The summed E-state index contributed by atoms with van der Waals surface area (Å²) in [5.74, 6) is -0.0809. The Kier molecular flexibility index (Phi) is 6.64. The highest BCUT2D eigenvalue weighted by atomic mass is 32.2. The van der Waals surface area contributed by atoms with Gasteiger partial charge in [0.1, 0.15) is 0 Å². The van der Waals surface area contributed by atoms with Gasteiger partial charge >= 0.3 is 0 Å². The third-order valence-electron chi connectivity index (χ3n) is 3.49. The SMILES string of the molecule is CC(C)C(C)C(=O)NCCNS(=O)(=O)c1ccc([N+](=O)[O-])cc1. The third kappa shape index (κ3) is 5.61. The van der Waals surface area contributed by atoms with Gasteiger partial charge in [0, 0.05) is 31.1 Å². The van der Waals surface area contributed by atoms with E-state index in [1.807, 2.05) is 13.8 Å². The van der Waals surface area contributed by atoms with Crippen molar-refractivity contribution in [3.8, 4) is 0 Å². The topological polar surface area (TPSA) is 118 Å². The van der Waals surface area contributed by atoms with E-state index in [1.54, 1.807) is 6.92 Å². The molecule has 0 saturated heterocycles. The number of nitro benzene ring substituents is 1. The molecule has 23 heavy (non-hydrogen) atoms. The van der Waals surface area contributed by atoms with E-state index in [9.17, 15) is 23.3 Å². The number of carbonyl (C=O) groups is 1. The van der Waals surface area contributed by atoms with Crippen molar-refractivity contribution < 1.29 is 18.1 Å². The lowest BCUT2D eigenvalue weighted by molar-refractivity contribution is -0.384. The Morgan fingerprint density at radius 3 is 2.22 bits per heavy atom. The van der Waals surface area contributed by atoms with Crippen molar-refractivity contribution in [2.24, 2.45) is 11.8 Å². The quantitative estimate of drug-likeness (QED) is 0.419. The van der Waals surface area contributed by atoms with Crippen LogP contribution >= 0.6 is 0 Å². The highest BCUT2D eigenvalue weighted by Gasteiger charge is 2.17. The molecule has 1 rings (SSSR count). The monoisotopic (exact) mass is 343 g/mol. The highest BCUT2D eigenvalue weighted by Crippen LogP contribution is 2.15. The first-order valence-corrected chi connectivity index (χ1v) is 8.65. The van der Waals surface area contributed by atoms with Crippen molar-refractivity contribution >= 4 is 21.6 Å². The van der Waals surface area contributed by atoms with E-state index < -0.39 is 14.9 Å². The molecule has 0 aliphatic rings. The molecule has 0 heterocycles. The molecular weight excluding hydrogens is 322 g/mol. The number of amides is 1. The van der Waals surface area contributed by atoms with Gasteiger partial charge in [0.15, 0.2) is 0 Å². The molecule has 0 aliphatic carbocycles. The Morgan fingerprint density at radius 2 is 1.74 bits per heavy atom. The lowest BCUT2D eigenvalue weighted by Gasteiger charge is -2.15. The Morgan fingerprint density at radius 1 is 1.17 bits per heavy atom. The summed E-state index contributed by atoms with van der Waals surface area (Å²) < 4.78 is 26.3. The van der Waals surface area contributed by atoms with E-state index >= 15 is 0 Å². The molecule has 1 aromatic rings. The summed E-state index contributed by atoms with van der Waals surface area (Å²) in [5.41, 5.74) is -0.182. The van der Waals surface area contributed by atoms with Gasteiger partial charge in [0.25, 0.3) is 5.69 Å². The van der Waals surface area contributed by atoms with Crippen molar-refractivity contribution in [2.75, 3.05) is 13.1 Å². The lowest BCUT2D eigenvalue weighted by atomic mass is 9.97. The molecule has 0 radical (unpaired) electrons. The van der Waals surface area contributed by atoms with E-state index in [-0.39, 0.29) is 41.4 Å². The number of sulfonamides is 1. The van der Waals surface area contributed by atoms with Gasteiger partial charge in [-0.15, -0.1) is 0 Å². The Bertz CT molecular complexity index is 655. The highest BCUT2D eigenvalue weighted by molar-refractivity contribution is 7.89. The Labute approximate surface area is 135 Å². The van der Waals surface area contributed by atoms with E-state index in [4.69, 9.17) is 0 Å². The van der Waals surface area contributed by atoms with E-state index in [0.29, 0.717) is 0 Å². The second-order valence-corrected chi connectivity index (χ2v) is 7.24. The average molecular weight is 343 g/mol. The second-order valence-electron chi connectivity index (χ2n) is 5.47. The van der Waals surface area contributed by atoms with Crippen molar-refractivity contribution in [1.82, 2.24) is 10.0 Å². The first-order valence-electron chi connectivity index (χ1n) is 7.17. The van der Waals surface area contributed by atoms with Crippen LogP contribution < -0.4 is 10.0 Å². The van der Waals surface area contributed by atoms with Gasteiger partial charge in [-0.05, 0) is 18.1 Å². The molecule has 8 nitrogen and oxygen atoms in total. The maximum Gasteiger partial charge on any atom is 0.269 e. The van der Waals surface area contributed by atoms with Crippen LogP contribution in [0.25, 0.3) is 0 Å². The van der Waals surface area contributed by atoms with Crippen LogP contribution in [0.5, 0.6) is 0 Å². The summed E-state index contributed by atoms with van der Waals surface area (Å²) in [6.07, 6.45) is 0. The predicted octanol–water partition coefficient (Wildman–Crippen LogP) is 1.28. The van der Waals surface area contributed by atoms with Crippen LogP contribution in [0, 0.1) is 22.0 Å². The summed E-state index contributed by atoms with van der Waals surface area (Å²) in [6, 6.07) is 4.58. The fourth-order valence-electron chi connectivity index (χ4n) is 1.67. The zero-order valence-electron chi connectivity index (χ0n) is 13.3. The van der Waals surface area contributed by atoms with Crippen LogP contribution in [-0.2, 0) is 14.8 Å². The minimum atomic E-state index is -3.76. The van der Waals surface area contributed by atoms with Crippen LogP contribution in [0.3, 0.4) is 0 Å². The fourth-order valence-corrected chi connectivity index (χ4v) is 2.70. The second kappa shape index (κ2) is 8.02. The zero-order chi connectivity index (χ0) is 17.6. The van der Waals surface area contributed by atoms with Gasteiger partial charge in [0.2, 0.25) is 15.9 Å². The van der Waals surface area contributed by atoms with Crippen molar-refractivity contribution in [1.29, 1.82) is 0 Å². The number of nitrogens with zero attached hydrogens (tertiary/aromatic N) is 1. The van der Waals surface area contributed by atoms with Gasteiger partial charge in [-0.3, -0.25) is 14.9 Å². The molecule has 1 aromatic carbocycles. The summed E-state index contributed by atoms with van der Waals surface area (Å²) >= 11 is 0. The molecule has 128 valence electrons. The number of nitro groups is 1. The summed E-state index contributed by atoms with van der Waals surface area (Å²) in [7, 11) is -3.76. The van der Waals surface area contributed by atoms with Gasteiger partial charge in [0.05, 0.1) is 9.82 Å². The summed E-state index contributed by atoms with van der Waals surface area (Å²) in [6.45, 7) is 5.88. The molecule has 0 aliphatic heterocycles. The van der Waals surface area contributed by atoms with Crippen LogP contribution in [0.2, 0.25) is 0 Å². The number of hydrogen-bond acceptors (Lipinski definition) is 5. The first-order chi connectivity index (χ1) is 10.6. The third-order valence-corrected chi connectivity index (χ3v) is 4.96. The normalized spacial score (nSPS) is 12.9. The molecule has 0 fully saturated rings. The molecule has 0 bridgehead atoms. The van der Waals surface area contributed by atoms with E-state index in [2.05, 4.69) is 10.0 Å². The number of carbonyl (C=O) groups excluding carboxylic acids is 1. The maximum absolute atomic E-state index is 12.0. The van der Waals surface area contributed by atoms with Crippen LogP contribution in [0.15, 0.2) is 29.2 Å². The average Bonchev–Trinajstić information content (AvgIpc) is 2.50. The Balaban J connectivity index is 2.53. The van der Waals surface area contributed by atoms with Gasteiger partial charge < -0.3 is 5.32 Å². The summed E-state index contributed by atoms with van der Waals surface area (Å²) in [4.78, 5) is 21.6. The van der Waals surface area contributed by atoms with Gasteiger partial charge in [-0.2, -0.15) is 0 Å². The molecule has 0 aromatic heterocycles. The molecule has 2 N–H and O–H groups in total. The lowest BCUT2D eigenvalue weighted by Crippen LogP contribution is -2.38. The minimum absolute atomic E-state index is 0.0376. The molecular formula is C14H21N3O5S. The smallest absolute Gasteiger partial charge is 0.269 e. The molecule has 0 saturated carbocycles. The number of non-ortho nitro benzene ring substituents is 1. The molecule has 0 spiro atoms. The van der Waals surface area contributed by atoms with Crippen molar-refractivity contribution in [3.05, 3.63) is 34.4 Å². The standard InChI is InChI=1S/C14H21N3O5S/c1-10(2)11(3)14(18)15-8-9-16-23(21,22)13-6-4-12(5-7-13)17(19)20/h4-7,10-11,16H,8-9H2,1-3H3,(H,15,18). The van der Waals surface area contributed by atoms with Crippen LogP contribution in [0.4, 0.5) is 5.69 Å². The largest absolute Gasteiger partial charge is 0.355 e. The number of hydrogen-bond donors (Lipinski definition) is 2. The van der Waals surface area contributed by atoms with Gasteiger partial charge in [-0.25, -0.2) is 13.1 Å². The predicted molar refractivity (Wildman–Crippen MR) is 85.3 cm³/mol. The molecule has 1 amide bonds. The summed E-state index contributed by atoms with van der Waals surface area (Å²) in [5, 5.41) is 13.2. The van der Waals surface area contributed by atoms with Crippen LogP contribution in [-0.4, -0.2) is 32.3 Å². The number of rotatable bonds is 8. The van der Waals surface area contributed by atoms with Gasteiger partial charge in [-0.1, -0.05) is 20.8 Å². The minimum Gasteiger partial charge on any atom is -0.355 e.